The summed E-state index contributed by atoms with van der Waals surface area (Å²) in [7, 11) is 1.43. The van der Waals surface area contributed by atoms with Crippen LogP contribution in [0.4, 0.5) is 5.82 Å². The first-order chi connectivity index (χ1) is 12.5. The number of phenols is 1. The summed E-state index contributed by atoms with van der Waals surface area (Å²) in [6, 6.07) is 4.71. The standard InChI is InChI=1S/C18H17N3O5/c1-26-12-7-8(5-6-10(12)22)13-14-9(3-2-4-11(14)23)19-16-15(13)17(24)21-18(25)20-16/h5-7,13,22H,2-4H2,1H3,(H3,19,20,21,24,25)/t13-/m1/s1. The number of hydrogen-bond acceptors (Lipinski definition) is 6. The van der Waals surface area contributed by atoms with E-state index in [1.54, 1.807) is 12.1 Å². The second-order valence-corrected chi connectivity index (χ2v) is 6.36. The molecule has 0 spiro atoms. The zero-order valence-electron chi connectivity index (χ0n) is 14.0. The number of nitrogens with one attached hydrogen (secondary N) is 3. The Balaban J connectivity index is 2.01. The number of aromatic nitrogens is 2. The zero-order chi connectivity index (χ0) is 18.4. The number of Topliss-reactive ketones (excluding diaryl/α,β-unsaturated/α-hetero) is 1. The van der Waals surface area contributed by atoms with Crippen molar-refractivity contribution in [1.82, 2.24) is 9.97 Å². The van der Waals surface area contributed by atoms with Crippen molar-refractivity contribution >= 4 is 11.6 Å². The molecule has 26 heavy (non-hydrogen) atoms. The number of ether oxygens (including phenoxy) is 1. The molecule has 0 amide bonds. The smallest absolute Gasteiger partial charge is 0.327 e. The number of ketones is 1. The summed E-state index contributed by atoms with van der Waals surface area (Å²) in [6.45, 7) is 0. The monoisotopic (exact) mass is 355 g/mol. The Hall–Kier alpha value is -3.29. The molecule has 8 heteroatoms. The van der Waals surface area contributed by atoms with Gasteiger partial charge in [-0.1, -0.05) is 6.07 Å². The van der Waals surface area contributed by atoms with Crippen LogP contribution in [-0.4, -0.2) is 28.0 Å². The van der Waals surface area contributed by atoms with Crippen LogP contribution in [0.2, 0.25) is 0 Å². The van der Waals surface area contributed by atoms with Gasteiger partial charge in [0.15, 0.2) is 17.3 Å². The number of anilines is 1. The molecule has 1 atom stereocenters. The minimum Gasteiger partial charge on any atom is -0.504 e. The number of H-pyrrole nitrogens is 2. The number of rotatable bonds is 2. The van der Waals surface area contributed by atoms with Crippen LogP contribution in [-0.2, 0) is 4.79 Å². The highest BCUT2D eigenvalue weighted by Gasteiger charge is 2.37. The average molecular weight is 355 g/mol. The van der Waals surface area contributed by atoms with Crippen LogP contribution in [0.5, 0.6) is 11.5 Å². The van der Waals surface area contributed by atoms with Crippen molar-refractivity contribution in [2.24, 2.45) is 0 Å². The molecule has 134 valence electrons. The first kappa shape index (κ1) is 16.2. The molecule has 8 nitrogen and oxygen atoms in total. The molecule has 1 aliphatic carbocycles. The van der Waals surface area contributed by atoms with Gasteiger partial charge in [0.05, 0.1) is 12.7 Å². The molecular weight excluding hydrogens is 338 g/mol. The Morgan fingerprint density at radius 3 is 2.73 bits per heavy atom. The fourth-order valence-corrected chi connectivity index (χ4v) is 3.70. The van der Waals surface area contributed by atoms with Crippen LogP contribution >= 0.6 is 0 Å². The van der Waals surface area contributed by atoms with Crippen molar-refractivity contribution in [2.75, 3.05) is 12.4 Å². The van der Waals surface area contributed by atoms with Gasteiger partial charge in [-0.15, -0.1) is 0 Å². The predicted molar refractivity (Wildman–Crippen MR) is 93.7 cm³/mol. The number of aromatic amines is 2. The predicted octanol–water partition coefficient (Wildman–Crippen LogP) is 1.34. The molecule has 2 heterocycles. The van der Waals surface area contributed by atoms with Crippen LogP contribution in [0.3, 0.4) is 0 Å². The minimum atomic E-state index is -0.649. The molecule has 1 aliphatic heterocycles. The van der Waals surface area contributed by atoms with E-state index in [9.17, 15) is 19.5 Å². The number of fused-ring (bicyclic) bond motifs is 1. The van der Waals surface area contributed by atoms with Gasteiger partial charge < -0.3 is 15.2 Å². The van der Waals surface area contributed by atoms with E-state index < -0.39 is 17.2 Å². The van der Waals surface area contributed by atoms with Crippen LogP contribution in [0.25, 0.3) is 0 Å². The highest BCUT2D eigenvalue weighted by molar-refractivity contribution is 6.00. The summed E-state index contributed by atoms with van der Waals surface area (Å²) in [5.74, 6) is -0.181. The lowest BCUT2D eigenvalue weighted by Crippen LogP contribution is -2.36. The van der Waals surface area contributed by atoms with Crippen LogP contribution in [0.1, 0.15) is 36.3 Å². The van der Waals surface area contributed by atoms with E-state index in [1.165, 1.54) is 13.2 Å². The fourth-order valence-electron chi connectivity index (χ4n) is 3.70. The van der Waals surface area contributed by atoms with Gasteiger partial charge in [-0.05, 0) is 30.5 Å². The third kappa shape index (κ3) is 2.42. The number of benzene rings is 1. The SMILES string of the molecule is COc1cc([C@@H]2C3=C(CCCC3=O)Nc3[nH]c(=O)[nH]c(=O)c32)ccc1O. The minimum absolute atomic E-state index is 0.0351. The molecule has 1 aromatic heterocycles. The van der Waals surface area contributed by atoms with E-state index in [0.717, 1.165) is 0 Å². The average Bonchev–Trinajstić information content (AvgIpc) is 2.60. The van der Waals surface area contributed by atoms with Crippen molar-refractivity contribution in [3.05, 3.63) is 61.4 Å². The van der Waals surface area contributed by atoms with Crippen molar-refractivity contribution in [3.8, 4) is 11.5 Å². The molecule has 2 aromatic rings. The first-order valence-electron chi connectivity index (χ1n) is 8.26. The number of allylic oxidation sites excluding steroid dienone is 2. The van der Waals surface area contributed by atoms with Crippen molar-refractivity contribution < 1.29 is 14.6 Å². The molecule has 1 aromatic carbocycles. The molecule has 0 saturated carbocycles. The van der Waals surface area contributed by atoms with E-state index >= 15 is 0 Å². The highest BCUT2D eigenvalue weighted by Crippen LogP contribution is 2.44. The normalized spacial score (nSPS) is 18.8. The maximum atomic E-state index is 12.7. The van der Waals surface area contributed by atoms with Crippen LogP contribution in [0, 0.1) is 0 Å². The van der Waals surface area contributed by atoms with Crippen molar-refractivity contribution in [3.63, 3.8) is 0 Å². The van der Waals surface area contributed by atoms with Crippen molar-refractivity contribution in [2.45, 2.75) is 25.2 Å². The third-order valence-corrected chi connectivity index (χ3v) is 4.83. The maximum Gasteiger partial charge on any atom is 0.327 e. The van der Waals surface area contributed by atoms with Gasteiger partial charge in [0.1, 0.15) is 5.82 Å². The van der Waals surface area contributed by atoms with Gasteiger partial charge >= 0.3 is 5.69 Å². The van der Waals surface area contributed by atoms with Crippen LogP contribution < -0.4 is 21.3 Å². The molecule has 0 unspecified atom stereocenters. The Morgan fingerprint density at radius 1 is 1.15 bits per heavy atom. The molecule has 4 rings (SSSR count). The zero-order valence-corrected chi connectivity index (χ0v) is 14.0. The van der Waals surface area contributed by atoms with Crippen molar-refractivity contribution in [1.29, 1.82) is 0 Å². The van der Waals surface area contributed by atoms with Gasteiger partial charge in [0.25, 0.3) is 5.56 Å². The van der Waals surface area contributed by atoms with E-state index in [0.29, 0.717) is 41.9 Å². The quantitative estimate of drug-likeness (QED) is 0.644. The number of hydrogen-bond donors (Lipinski definition) is 4. The van der Waals surface area contributed by atoms with Gasteiger partial charge in [-0.25, -0.2) is 4.79 Å². The Morgan fingerprint density at radius 2 is 1.96 bits per heavy atom. The lowest BCUT2D eigenvalue weighted by Gasteiger charge is -2.32. The summed E-state index contributed by atoms with van der Waals surface area (Å²) in [6.07, 6.45) is 1.77. The molecule has 2 aliphatic rings. The number of aromatic hydroxyl groups is 1. The number of carbonyl (C=O) groups excluding carboxylic acids is 1. The summed E-state index contributed by atoms with van der Waals surface area (Å²) >= 11 is 0. The molecule has 0 fully saturated rings. The molecule has 0 radical (unpaired) electrons. The number of methoxy groups -OCH3 is 1. The largest absolute Gasteiger partial charge is 0.504 e. The first-order valence-corrected chi connectivity index (χ1v) is 8.26. The second kappa shape index (κ2) is 5.91. The van der Waals surface area contributed by atoms with E-state index in [4.69, 9.17) is 4.74 Å². The van der Waals surface area contributed by atoms with Gasteiger partial charge in [0, 0.05) is 23.6 Å². The Bertz CT molecular complexity index is 1060. The Labute approximate surface area is 147 Å². The summed E-state index contributed by atoms with van der Waals surface area (Å²) < 4.78 is 5.17. The van der Waals surface area contributed by atoms with E-state index in [2.05, 4.69) is 15.3 Å². The summed E-state index contributed by atoms with van der Waals surface area (Å²) in [5, 5.41) is 12.9. The lowest BCUT2D eigenvalue weighted by molar-refractivity contribution is -0.116. The van der Waals surface area contributed by atoms with Gasteiger partial charge in [-0.3, -0.25) is 19.6 Å². The topological polar surface area (TPSA) is 124 Å². The fraction of sp³-hybridized carbons (Fsp3) is 0.278. The summed E-state index contributed by atoms with van der Waals surface area (Å²) in [4.78, 5) is 41.7. The van der Waals surface area contributed by atoms with E-state index in [-0.39, 0.29) is 22.8 Å². The Kier molecular flexibility index (Phi) is 3.68. The number of phenolic OH excluding ortho intramolecular Hbond substituents is 1. The second-order valence-electron chi connectivity index (χ2n) is 6.36. The maximum absolute atomic E-state index is 12.7. The van der Waals surface area contributed by atoms with Gasteiger partial charge in [0.2, 0.25) is 0 Å². The summed E-state index contributed by atoms with van der Waals surface area (Å²) in [5.41, 5.74) is 0.961. The van der Waals surface area contributed by atoms with E-state index in [1.807, 2.05) is 0 Å². The molecule has 0 saturated heterocycles. The third-order valence-electron chi connectivity index (χ3n) is 4.83. The van der Waals surface area contributed by atoms with Gasteiger partial charge in [-0.2, -0.15) is 0 Å². The highest BCUT2D eigenvalue weighted by atomic mass is 16.5. The van der Waals surface area contributed by atoms with Crippen LogP contribution in [0.15, 0.2) is 39.1 Å². The molecule has 0 bridgehead atoms. The lowest BCUT2D eigenvalue weighted by atomic mass is 9.76. The molecule has 4 N–H and O–H groups in total. The number of carbonyl (C=O) groups is 1. The molecular formula is C18H17N3O5.